The fraction of sp³-hybridized carbons (Fsp3) is 0.278. The van der Waals surface area contributed by atoms with Gasteiger partial charge in [0, 0.05) is 5.56 Å². The highest BCUT2D eigenvalue weighted by Gasteiger charge is 2.31. The summed E-state index contributed by atoms with van der Waals surface area (Å²) in [5.41, 5.74) is -0.731. The number of amides is 1. The number of rotatable bonds is 5. The molecule has 1 atom stereocenters. The zero-order valence-electron chi connectivity index (χ0n) is 13.7. The van der Waals surface area contributed by atoms with E-state index >= 15 is 0 Å². The molecular formula is C18H17ClF3NO2. The molecule has 2 aromatic carbocycles. The van der Waals surface area contributed by atoms with E-state index < -0.39 is 17.6 Å². The van der Waals surface area contributed by atoms with Crippen LogP contribution in [-0.4, -0.2) is 12.0 Å². The van der Waals surface area contributed by atoms with Crippen molar-refractivity contribution in [2.24, 2.45) is 0 Å². The molecule has 0 aliphatic rings. The minimum Gasteiger partial charge on any atom is -0.491 e. The third-order valence-corrected chi connectivity index (χ3v) is 3.88. The number of ether oxygens (including phenoxy) is 1. The average Bonchev–Trinajstić information content (AvgIpc) is 2.55. The number of carbonyl (C=O) groups is 1. The molecular weight excluding hydrogens is 355 g/mol. The number of benzene rings is 2. The summed E-state index contributed by atoms with van der Waals surface area (Å²) in [6.45, 7) is 3.87. The Morgan fingerprint density at radius 3 is 2.60 bits per heavy atom. The number of nitrogens with one attached hydrogen (secondary N) is 1. The molecule has 0 saturated heterocycles. The smallest absolute Gasteiger partial charge is 0.416 e. The minimum absolute atomic E-state index is 0.0174. The van der Waals surface area contributed by atoms with Crippen molar-refractivity contribution in [2.75, 3.05) is 5.32 Å². The number of halogens is 4. The van der Waals surface area contributed by atoms with Gasteiger partial charge < -0.3 is 10.1 Å². The van der Waals surface area contributed by atoms with Crippen LogP contribution in [0.15, 0.2) is 42.5 Å². The summed E-state index contributed by atoms with van der Waals surface area (Å²) in [6, 6.07) is 9.19. The van der Waals surface area contributed by atoms with E-state index in [2.05, 4.69) is 5.32 Å². The highest BCUT2D eigenvalue weighted by Crippen LogP contribution is 2.34. The fourth-order valence-electron chi connectivity index (χ4n) is 2.02. The first-order chi connectivity index (χ1) is 11.7. The largest absolute Gasteiger partial charge is 0.491 e. The monoisotopic (exact) mass is 371 g/mol. The second kappa shape index (κ2) is 7.78. The Kier molecular flexibility index (Phi) is 5.95. The molecule has 7 heteroatoms. The maximum Gasteiger partial charge on any atom is 0.416 e. The van der Waals surface area contributed by atoms with Gasteiger partial charge in [-0.05, 0) is 49.7 Å². The van der Waals surface area contributed by atoms with E-state index in [9.17, 15) is 18.0 Å². The fourth-order valence-corrected chi connectivity index (χ4v) is 2.18. The van der Waals surface area contributed by atoms with Crippen molar-refractivity contribution in [1.82, 2.24) is 0 Å². The lowest BCUT2D eigenvalue weighted by atomic mass is 10.1. The van der Waals surface area contributed by atoms with Gasteiger partial charge in [0.15, 0.2) is 0 Å². The number of carbonyl (C=O) groups excluding carboxylic acids is 1. The zero-order chi connectivity index (χ0) is 18.6. The van der Waals surface area contributed by atoms with E-state index in [1.54, 1.807) is 18.2 Å². The summed E-state index contributed by atoms with van der Waals surface area (Å²) in [6.07, 6.45) is -3.74. The molecule has 0 fully saturated rings. The van der Waals surface area contributed by atoms with Crippen LogP contribution in [0.4, 0.5) is 18.9 Å². The van der Waals surface area contributed by atoms with Crippen LogP contribution in [-0.2, 0) is 6.18 Å². The molecule has 0 aromatic heterocycles. The zero-order valence-corrected chi connectivity index (χ0v) is 14.4. The Morgan fingerprint density at radius 1 is 1.24 bits per heavy atom. The van der Waals surface area contributed by atoms with Gasteiger partial charge in [0.05, 0.1) is 22.4 Å². The minimum atomic E-state index is -4.52. The van der Waals surface area contributed by atoms with E-state index in [1.165, 1.54) is 6.07 Å². The van der Waals surface area contributed by atoms with E-state index in [0.29, 0.717) is 5.75 Å². The molecule has 0 saturated carbocycles. The van der Waals surface area contributed by atoms with Gasteiger partial charge >= 0.3 is 6.18 Å². The van der Waals surface area contributed by atoms with E-state index in [-0.39, 0.29) is 22.4 Å². The van der Waals surface area contributed by atoms with Crippen LogP contribution in [0, 0.1) is 0 Å². The third kappa shape index (κ3) is 5.13. The Bertz CT molecular complexity index is 762. The summed E-state index contributed by atoms with van der Waals surface area (Å²) in [5, 5.41) is 2.43. The maximum atomic E-state index is 12.8. The normalized spacial score (nSPS) is 12.6. The molecule has 0 bridgehead atoms. The third-order valence-electron chi connectivity index (χ3n) is 3.55. The number of anilines is 1. The van der Waals surface area contributed by atoms with Crippen molar-refractivity contribution in [2.45, 2.75) is 32.5 Å². The predicted molar refractivity (Wildman–Crippen MR) is 91.2 cm³/mol. The second-order valence-corrected chi connectivity index (χ2v) is 5.92. The van der Waals surface area contributed by atoms with Gasteiger partial charge in [0.2, 0.25) is 0 Å². The van der Waals surface area contributed by atoms with Crippen molar-refractivity contribution in [1.29, 1.82) is 0 Å². The molecule has 1 unspecified atom stereocenters. The maximum absolute atomic E-state index is 12.8. The lowest BCUT2D eigenvalue weighted by molar-refractivity contribution is -0.137. The number of alkyl halides is 3. The molecule has 0 heterocycles. The second-order valence-electron chi connectivity index (χ2n) is 5.51. The number of hydrogen-bond donors (Lipinski definition) is 1. The highest BCUT2D eigenvalue weighted by molar-refractivity contribution is 6.34. The van der Waals surface area contributed by atoms with Crippen LogP contribution in [0.3, 0.4) is 0 Å². The van der Waals surface area contributed by atoms with Crippen LogP contribution in [0.25, 0.3) is 0 Å². The van der Waals surface area contributed by atoms with Crippen LogP contribution in [0.1, 0.15) is 36.2 Å². The van der Waals surface area contributed by atoms with E-state index in [4.69, 9.17) is 16.3 Å². The first-order valence-electron chi connectivity index (χ1n) is 7.65. The lowest BCUT2D eigenvalue weighted by Crippen LogP contribution is -2.14. The van der Waals surface area contributed by atoms with Crippen molar-refractivity contribution in [3.63, 3.8) is 0 Å². The molecule has 1 N–H and O–H groups in total. The molecule has 0 aliphatic carbocycles. The van der Waals surface area contributed by atoms with Crippen molar-refractivity contribution < 1.29 is 22.7 Å². The van der Waals surface area contributed by atoms with Crippen LogP contribution in [0.2, 0.25) is 5.02 Å². The molecule has 134 valence electrons. The standard InChI is InChI=1S/C18H17ClF3NO2/c1-3-11(2)25-14-6-4-5-12(9-14)17(24)23-16-10-13(18(20,21)22)7-8-15(16)19/h4-11H,3H2,1-2H3,(H,23,24). The summed E-state index contributed by atoms with van der Waals surface area (Å²) >= 11 is 5.89. The summed E-state index contributed by atoms with van der Waals surface area (Å²) < 4.78 is 44.0. The Hall–Kier alpha value is -2.21. The first-order valence-corrected chi connectivity index (χ1v) is 8.03. The van der Waals surface area contributed by atoms with Gasteiger partial charge in [-0.25, -0.2) is 0 Å². The van der Waals surface area contributed by atoms with Crippen molar-refractivity contribution in [3.05, 3.63) is 58.6 Å². The van der Waals surface area contributed by atoms with Gasteiger partial charge in [-0.1, -0.05) is 24.6 Å². The predicted octanol–water partition coefficient (Wildman–Crippen LogP) is 5.79. The SMILES string of the molecule is CCC(C)Oc1cccc(C(=O)Nc2cc(C(F)(F)F)ccc2Cl)c1. The summed E-state index contributed by atoms with van der Waals surface area (Å²) in [5.74, 6) is -0.0621. The van der Waals surface area contributed by atoms with Gasteiger partial charge in [0.1, 0.15) is 5.75 Å². The highest BCUT2D eigenvalue weighted by atomic mass is 35.5. The van der Waals surface area contributed by atoms with Gasteiger partial charge in [0.25, 0.3) is 5.91 Å². The molecule has 1 amide bonds. The molecule has 0 radical (unpaired) electrons. The topological polar surface area (TPSA) is 38.3 Å². The molecule has 3 nitrogen and oxygen atoms in total. The quantitative estimate of drug-likeness (QED) is 0.722. The average molecular weight is 372 g/mol. The molecule has 0 spiro atoms. The van der Waals surface area contributed by atoms with Gasteiger partial charge in [-0.3, -0.25) is 4.79 Å². The molecule has 2 rings (SSSR count). The van der Waals surface area contributed by atoms with Crippen LogP contribution >= 0.6 is 11.6 Å². The summed E-state index contributed by atoms with van der Waals surface area (Å²) in [4.78, 5) is 12.3. The first kappa shape index (κ1) is 19.1. The van der Waals surface area contributed by atoms with Crippen molar-refractivity contribution >= 4 is 23.2 Å². The molecule has 25 heavy (non-hydrogen) atoms. The number of hydrogen-bond acceptors (Lipinski definition) is 2. The van der Waals surface area contributed by atoms with E-state index in [0.717, 1.165) is 24.6 Å². The Morgan fingerprint density at radius 2 is 1.96 bits per heavy atom. The van der Waals surface area contributed by atoms with Crippen LogP contribution < -0.4 is 10.1 Å². The van der Waals surface area contributed by atoms with Crippen molar-refractivity contribution in [3.8, 4) is 5.75 Å². The van der Waals surface area contributed by atoms with Crippen LogP contribution in [0.5, 0.6) is 5.75 Å². The Balaban J connectivity index is 2.21. The van der Waals surface area contributed by atoms with E-state index in [1.807, 2.05) is 13.8 Å². The molecule has 0 aliphatic heterocycles. The summed E-state index contributed by atoms with van der Waals surface area (Å²) in [7, 11) is 0. The van der Waals surface area contributed by atoms with Gasteiger partial charge in [-0.15, -0.1) is 0 Å². The Labute approximate surface area is 148 Å². The lowest BCUT2D eigenvalue weighted by Gasteiger charge is -2.14. The molecule has 2 aromatic rings. The van der Waals surface area contributed by atoms with Gasteiger partial charge in [-0.2, -0.15) is 13.2 Å².